The normalized spacial score (nSPS) is 9.31. The summed E-state index contributed by atoms with van der Waals surface area (Å²) in [6.07, 6.45) is 0. The maximum atomic E-state index is 13.1. The van der Waals surface area contributed by atoms with Crippen LogP contribution in [0.2, 0.25) is 0 Å². The van der Waals surface area contributed by atoms with E-state index < -0.39 is 16.4 Å². The third kappa shape index (κ3) is 1.65. The minimum absolute atomic E-state index is 0.207. The van der Waals surface area contributed by atoms with Crippen LogP contribution in [0.4, 0.5) is 10.1 Å². The SMILES string of the molecule is N#Cc1c(Br)ccc([N+](=O)[O-])c1F. The van der Waals surface area contributed by atoms with Crippen molar-refractivity contribution in [3.05, 3.63) is 38.1 Å². The third-order valence-electron chi connectivity index (χ3n) is 1.38. The van der Waals surface area contributed by atoms with Gasteiger partial charge in [0.05, 0.1) is 4.92 Å². The number of nitriles is 1. The number of nitro benzene ring substituents is 1. The summed E-state index contributed by atoms with van der Waals surface area (Å²) in [7, 11) is 0. The van der Waals surface area contributed by atoms with E-state index in [2.05, 4.69) is 15.9 Å². The summed E-state index contributed by atoms with van der Waals surface area (Å²) in [5.41, 5.74) is -1.05. The zero-order valence-electron chi connectivity index (χ0n) is 6.12. The number of benzene rings is 1. The van der Waals surface area contributed by atoms with Gasteiger partial charge in [0, 0.05) is 10.5 Å². The maximum Gasteiger partial charge on any atom is 0.306 e. The van der Waals surface area contributed by atoms with E-state index in [1.165, 1.54) is 12.1 Å². The fourth-order valence-corrected chi connectivity index (χ4v) is 1.18. The monoisotopic (exact) mass is 244 g/mol. The predicted octanol–water partition coefficient (Wildman–Crippen LogP) is 2.37. The molecule has 6 heteroatoms. The number of rotatable bonds is 1. The van der Waals surface area contributed by atoms with Gasteiger partial charge in [-0.05, 0) is 22.0 Å². The van der Waals surface area contributed by atoms with Crippen LogP contribution in [0.15, 0.2) is 16.6 Å². The zero-order valence-corrected chi connectivity index (χ0v) is 7.71. The summed E-state index contributed by atoms with van der Waals surface area (Å²) < 4.78 is 13.3. The van der Waals surface area contributed by atoms with E-state index in [1.807, 2.05) is 0 Å². The molecule has 13 heavy (non-hydrogen) atoms. The van der Waals surface area contributed by atoms with Gasteiger partial charge in [-0.2, -0.15) is 9.65 Å². The van der Waals surface area contributed by atoms with E-state index in [-0.39, 0.29) is 10.0 Å². The molecule has 0 N–H and O–H groups in total. The molecule has 0 aliphatic carbocycles. The van der Waals surface area contributed by atoms with Gasteiger partial charge in [0.1, 0.15) is 11.6 Å². The lowest BCUT2D eigenvalue weighted by atomic mass is 10.2. The summed E-state index contributed by atoms with van der Waals surface area (Å²) in [6.45, 7) is 0. The Bertz CT molecular complexity index is 414. The second kappa shape index (κ2) is 3.49. The van der Waals surface area contributed by atoms with Crippen LogP contribution in [0.1, 0.15) is 5.56 Å². The Labute approximate surface area is 80.9 Å². The van der Waals surface area contributed by atoms with Crippen molar-refractivity contribution in [2.75, 3.05) is 0 Å². The number of hydrogen-bond acceptors (Lipinski definition) is 3. The highest BCUT2D eigenvalue weighted by atomic mass is 79.9. The standard InChI is InChI=1S/C7H2BrFN2O2/c8-5-1-2-6(11(12)13)7(9)4(5)3-10/h1-2H. The maximum absolute atomic E-state index is 13.1. The Morgan fingerprint density at radius 1 is 1.62 bits per heavy atom. The molecule has 1 aromatic rings. The zero-order chi connectivity index (χ0) is 10.0. The molecular formula is C7H2BrFN2O2. The molecule has 0 radical (unpaired) electrons. The number of hydrogen-bond donors (Lipinski definition) is 0. The lowest BCUT2D eigenvalue weighted by Gasteiger charge is -1.97. The summed E-state index contributed by atoms with van der Waals surface area (Å²) in [5.74, 6) is -1.11. The highest BCUT2D eigenvalue weighted by Crippen LogP contribution is 2.26. The topological polar surface area (TPSA) is 66.9 Å². The molecule has 4 nitrogen and oxygen atoms in total. The van der Waals surface area contributed by atoms with Crippen molar-refractivity contribution in [3.8, 4) is 6.07 Å². The van der Waals surface area contributed by atoms with E-state index in [9.17, 15) is 14.5 Å². The quantitative estimate of drug-likeness (QED) is 0.563. The lowest BCUT2D eigenvalue weighted by molar-refractivity contribution is -0.387. The summed E-state index contributed by atoms with van der Waals surface area (Å²) in [6, 6.07) is 3.80. The van der Waals surface area contributed by atoms with Crippen molar-refractivity contribution in [1.29, 1.82) is 5.26 Å². The Balaban J connectivity index is 3.47. The van der Waals surface area contributed by atoms with Gasteiger partial charge < -0.3 is 0 Å². The number of nitro groups is 1. The molecule has 0 spiro atoms. The van der Waals surface area contributed by atoms with Crippen molar-refractivity contribution in [2.24, 2.45) is 0 Å². The molecule has 0 fully saturated rings. The Hall–Kier alpha value is -1.48. The molecule has 0 aliphatic rings. The van der Waals surface area contributed by atoms with Gasteiger partial charge in [0.2, 0.25) is 5.82 Å². The van der Waals surface area contributed by atoms with Crippen LogP contribution >= 0.6 is 15.9 Å². The first-order valence-corrected chi connectivity index (χ1v) is 3.89. The van der Waals surface area contributed by atoms with Gasteiger partial charge in [0.25, 0.3) is 0 Å². The van der Waals surface area contributed by atoms with E-state index in [0.717, 1.165) is 6.07 Å². The van der Waals surface area contributed by atoms with E-state index >= 15 is 0 Å². The molecule has 0 heterocycles. The van der Waals surface area contributed by atoms with Crippen LogP contribution < -0.4 is 0 Å². The minimum atomic E-state index is -1.11. The van der Waals surface area contributed by atoms with E-state index in [0.29, 0.717) is 0 Å². The molecule has 0 saturated carbocycles. The summed E-state index contributed by atoms with van der Waals surface area (Å²) >= 11 is 2.91. The summed E-state index contributed by atoms with van der Waals surface area (Å²) in [5, 5.41) is 18.7. The van der Waals surface area contributed by atoms with Crippen molar-refractivity contribution in [2.45, 2.75) is 0 Å². The molecule has 0 bridgehead atoms. The van der Waals surface area contributed by atoms with Crippen LogP contribution in [0, 0.1) is 27.3 Å². The van der Waals surface area contributed by atoms with Crippen LogP contribution in [-0.2, 0) is 0 Å². The highest BCUT2D eigenvalue weighted by Gasteiger charge is 2.19. The van der Waals surface area contributed by atoms with Crippen molar-refractivity contribution in [3.63, 3.8) is 0 Å². The molecule has 1 rings (SSSR count). The van der Waals surface area contributed by atoms with Crippen molar-refractivity contribution >= 4 is 21.6 Å². The van der Waals surface area contributed by atoms with Gasteiger partial charge in [-0.25, -0.2) is 0 Å². The smallest absolute Gasteiger partial charge is 0.258 e. The van der Waals surface area contributed by atoms with Gasteiger partial charge >= 0.3 is 5.69 Å². The minimum Gasteiger partial charge on any atom is -0.258 e. The van der Waals surface area contributed by atoms with Gasteiger partial charge in [-0.3, -0.25) is 10.1 Å². The van der Waals surface area contributed by atoms with Gasteiger partial charge in [0.15, 0.2) is 0 Å². The van der Waals surface area contributed by atoms with E-state index in [4.69, 9.17) is 5.26 Å². The molecule has 0 unspecified atom stereocenters. The Kier molecular flexibility index (Phi) is 2.58. The van der Waals surface area contributed by atoms with Crippen molar-refractivity contribution < 1.29 is 9.31 Å². The first-order valence-electron chi connectivity index (χ1n) is 3.10. The molecule has 0 aliphatic heterocycles. The molecular weight excluding hydrogens is 243 g/mol. The Morgan fingerprint density at radius 3 is 2.69 bits per heavy atom. The largest absolute Gasteiger partial charge is 0.306 e. The summed E-state index contributed by atoms with van der Waals surface area (Å²) in [4.78, 5) is 9.37. The first-order chi connectivity index (χ1) is 6.07. The highest BCUT2D eigenvalue weighted by molar-refractivity contribution is 9.10. The molecule has 66 valence electrons. The molecule has 0 amide bonds. The fraction of sp³-hybridized carbons (Fsp3) is 0. The van der Waals surface area contributed by atoms with Crippen LogP contribution in [0.3, 0.4) is 0 Å². The van der Waals surface area contributed by atoms with Crippen molar-refractivity contribution in [1.82, 2.24) is 0 Å². The predicted molar refractivity (Wildman–Crippen MR) is 45.5 cm³/mol. The van der Waals surface area contributed by atoms with Crippen LogP contribution in [0.5, 0.6) is 0 Å². The van der Waals surface area contributed by atoms with Crippen LogP contribution in [-0.4, -0.2) is 4.92 Å². The second-order valence-electron chi connectivity index (χ2n) is 2.12. The lowest BCUT2D eigenvalue weighted by Crippen LogP contribution is -1.95. The van der Waals surface area contributed by atoms with E-state index in [1.54, 1.807) is 0 Å². The third-order valence-corrected chi connectivity index (χ3v) is 2.04. The van der Waals surface area contributed by atoms with Crippen LogP contribution in [0.25, 0.3) is 0 Å². The average Bonchev–Trinajstić information content (AvgIpc) is 2.04. The second-order valence-corrected chi connectivity index (χ2v) is 2.98. The average molecular weight is 245 g/mol. The number of nitrogens with zero attached hydrogens (tertiary/aromatic N) is 2. The molecule has 0 saturated heterocycles. The fourth-order valence-electron chi connectivity index (χ4n) is 0.785. The first kappa shape index (κ1) is 9.61. The Morgan fingerprint density at radius 2 is 2.23 bits per heavy atom. The van der Waals surface area contributed by atoms with Gasteiger partial charge in [-0.15, -0.1) is 0 Å². The number of halogens is 2. The molecule has 0 atom stereocenters. The molecule has 0 aromatic heterocycles. The molecule has 1 aromatic carbocycles. The van der Waals surface area contributed by atoms with Gasteiger partial charge in [-0.1, -0.05) is 0 Å².